The van der Waals surface area contributed by atoms with Crippen LogP contribution in [0.1, 0.15) is 46.7 Å². The first-order valence-corrected chi connectivity index (χ1v) is 10.6. The summed E-state index contributed by atoms with van der Waals surface area (Å²) in [5, 5.41) is 15.0. The molecule has 4 nitrogen and oxygen atoms in total. The van der Waals surface area contributed by atoms with Gasteiger partial charge in [-0.2, -0.15) is 0 Å². The molecule has 0 aromatic heterocycles. The Morgan fingerprint density at radius 3 is 2.68 bits per heavy atom. The summed E-state index contributed by atoms with van der Waals surface area (Å²) in [6, 6.07) is 15.7. The van der Waals surface area contributed by atoms with Gasteiger partial charge >= 0.3 is 0 Å². The average molecular weight is 378 g/mol. The van der Waals surface area contributed by atoms with Crippen LogP contribution in [0.4, 0.5) is 0 Å². The van der Waals surface area contributed by atoms with Crippen LogP contribution in [0.5, 0.6) is 0 Å². The molecular weight excluding hydrogens is 346 g/mol. The molecule has 2 aliphatic heterocycles. The zero-order valence-electron chi connectivity index (χ0n) is 17.0. The molecule has 5 rings (SSSR count). The summed E-state index contributed by atoms with van der Waals surface area (Å²) in [5.41, 5.74) is 6.84. The molecular formula is C24H31N3O. The lowest BCUT2D eigenvalue weighted by molar-refractivity contribution is 0.00419. The topological polar surface area (TPSA) is 38.7 Å². The maximum Gasteiger partial charge on any atom is 0.0834 e. The number of rotatable bonds is 3. The van der Waals surface area contributed by atoms with Gasteiger partial charge in [-0.15, -0.1) is 0 Å². The zero-order chi connectivity index (χ0) is 19.3. The lowest BCUT2D eigenvalue weighted by Gasteiger charge is -2.40. The van der Waals surface area contributed by atoms with Crippen molar-refractivity contribution in [3.63, 3.8) is 0 Å². The van der Waals surface area contributed by atoms with E-state index in [0.29, 0.717) is 0 Å². The van der Waals surface area contributed by atoms with Crippen molar-refractivity contribution < 1.29 is 5.11 Å². The molecule has 3 aliphatic rings. The molecule has 1 fully saturated rings. The Bertz CT molecular complexity index is 874. The van der Waals surface area contributed by atoms with Crippen LogP contribution in [0.15, 0.2) is 42.5 Å². The van der Waals surface area contributed by atoms with Gasteiger partial charge in [-0.25, -0.2) is 0 Å². The van der Waals surface area contributed by atoms with Crippen LogP contribution in [0.3, 0.4) is 0 Å². The summed E-state index contributed by atoms with van der Waals surface area (Å²) in [7, 11) is 4.35. The van der Waals surface area contributed by atoms with Crippen LogP contribution in [0.2, 0.25) is 0 Å². The van der Waals surface area contributed by atoms with E-state index >= 15 is 0 Å². The van der Waals surface area contributed by atoms with Crippen LogP contribution in [0, 0.1) is 0 Å². The number of nitrogens with zero attached hydrogens (tertiary/aromatic N) is 2. The van der Waals surface area contributed by atoms with E-state index in [1.54, 1.807) is 0 Å². The van der Waals surface area contributed by atoms with Gasteiger partial charge in [0.05, 0.1) is 12.1 Å². The van der Waals surface area contributed by atoms with Crippen molar-refractivity contribution in [2.24, 2.45) is 0 Å². The number of likely N-dealkylation sites (N-methyl/N-ethyl adjacent to an activating group) is 1. The van der Waals surface area contributed by atoms with Gasteiger partial charge in [0.25, 0.3) is 0 Å². The van der Waals surface area contributed by atoms with E-state index in [4.69, 9.17) is 0 Å². The van der Waals surface area contributed by atoms with Gasteiger partial charge in [0.15, 0.2) is 0 Å². The molecule has 1 aliphatic carbocycles. The number of piperidine rings is 1. The molecule has 2 atom stereocenters. The molecule has 148 valence electrons. The van der Waals surface area contributed by atoms with Crippen molar-refractivity contribution in [3.8, 4) is 0 Å². The maximum absolute atomic E-state index is 11.5. The Hall–Kier alpha value is -1.72. The Morgan fingerprint density at radius 1 is 1.11 bits per heavy atom. The molecule has 0 radical (unpaired) electrons. The van der Waals surface area contributed by atoms with E-state index in [1.165, 1.54) is 27.8 Å². The predicted octanol–water partition coefficient (Wildman–Crippen LogP) is 2.80. The molecule has 0 saturated carbocycles. The van der Waals surface area contributed by atoms with Crippen molar-refractivity contribution in [1.29, 1.82) is 0 Å². The molecule has 2 aromatic carbocycles. The fourth-order valence-electron chi connectivity index (χ4n) is 5.86. The molecule has 28 heavy (non-hydrogen) atoms. The highest BCUT2D eigenvalue weighted by molar-refractivity contribution is 5.45. The van der Waals surface area contributed by atoms with E-state index in [-0.39, 0.29) is 17.6 Å². The minimum atomic E-state index is -0.349. The average Bonchev–Trinajstić information content (AvgIpc) is 3.18. The van der Waals surface area contributed by atoms with Crippen LogP contribution >= 0.6 is 0 Å². The first-order valence-electron chi connectivity index (χ1n) is 10.6. The summed E-state index contributed by atoms with van der Waals surface area (Å²) >= 11 is 0. The zero-order valence-corrected chi connectivity index (χ0v) is 17.0. The second kappa shape index (κ2) is 6.96. The van der Waals surface area contributed by atoms with Crippen molar-refractivity contribution in [2.75, 3.05) is 27.2 Å². The summed E-state index contributed by atoms with van der Waals surface area (Å²) in [6.07, 6.45) is 1.68. The Morgan fingerprint density at radius 2 is 1.86 bits per heavy atom. The highest BCUT2D eigenvalue weighted by Crippen LogP contribution is 2.52. The summed E-state index contributed by atoms with van der Waals surface area (Å²) < 4.78 is 0. The largest absolute Gasteiger partial charge is 0.390 e. The van der Waals surface area contributed by atoms with Crippen molar-refractivity contribution in [2.45, 2.75) is 50.0 Å². The van der Waals surface area contributed by atoms with Gasteiger partial charge in [-0.3, -0.25) is 9.80 Å². The highest BCUT2D eigenvalue weighted by Gasteiger charge is 2.52. The molecule has 0 unspecified atom stereocenters. The van der Waals surface area contributed by atoms with Crippen LogP contribution in [0.25, 0.3) is 0 Å². The summed E-state index contributed by atoms with van der Waals surface area (Å²) in [6.45, 7) is 4.93. The Labute approximate surface area is 168 Å². The van der Waals surface area contributed by atoms with Crippen molar-refractivity contribution >= 4 is 0 Å². The summed E-state index contributed by atoms with van der Waals surface area (Å²) in [4.78, 5) is 4.72. The molecule has 2 aromatic rings. The van der Waals surface area contributed by atoms with Crippen LogP contribution in [-0.2, 0) is 25.0 Å². The maximum atomic E-state index is 11.5. The number of aliphatic hydroxyl groups is 1. The van der Waals surface area contributed by atoms with E-state index < -0.39 is 0 Å². The third kappa shape index (κ3) is 2.82. The molecule has 2 N–H and O–H groups in total. The lowest BCUT2D eigenvalue weighted by Crippen LogP contribution is -2.48. The number of hydrogen-bond donors (Lipinski definition) is 2. The molecule has 1 spiro atoms. The normalized spacial score (nSPS) is 26.0. The number of aliphatic hydroxyl groups excluding tert-OH is 1. The molecule has 1 saturated heterocycles. The quantitative estimate of drug-likeness (QED) is 0.863. The lowest BCUT2D eigenvalue weighted by atomic mass is 9.72. The SMILES string of the molecule is CN1Cc2ccc(CN(C)[C@@H]3c4ccccc4C4(CCNCC4)[C@H]3O)cc2C1. The van der Waals surface area contributed by atoms with Gasteiger partial charge in [0.1, 0.15) is 0 Å². The second-order valence-electron chi connectivity index (χ2n) is 9.07. The van der Waals surface area contributed by atoms with Gasteiger partial charge < -0.3 is 10.4 Å². The second-order valence-corrected chi connectivity index (χ2v) is 9.07. The Balaban J connectivity index is 1.43. The van der Waals surface area contributed by atoms with Gasteiger partial charge in [0.2, 0.25) is 0 Å². The van der Waals surface area contributed by atoms with Gasteiger partial charge in [0, 0.05) is 25.0 Å². The van der Waals surface area contributed by atoms with Crippen molar-refractivity contribution in [1.82, 2.24) is 15.1 Å². The van der Waals surface area contributed by atoms with Crippen LogP contribution < -0.4 is 5.32 Å². The Kier molecular flexibility index (Phi) is 4.55. The first kappa shape index (κ1) is 18.3. The van der Waals surface area contributed by atoms with E-state index in [9.17, 15) is 5.11 Å². The fourth-order valence-corrected chi connectivity index (χ4v) is 5.86. The molecule has 0 amide bonds. The van der Waals surface area contributed by atoms with Gasteiger partial charge in [-0.05, 0) is 67.8 Å². The molecule has 0 bridgehead atoms. The van der Waals surface area contributed by atoms with Crippen molar-refractivity contribution in [3.05, 3.63) is 70.3 Å². The minimum absolute atomic E-state index is 0.0604. The van der Waals surface area contributed by atoms with Crippen LogP contribution in [-0.4, -0.2) is 48.2 Å². The first-order chi connectivity index (χ1) is 13.6. The predicted molar refractivity (Wildman–Crippen MR) is 112 cm³/mol. The highest BCUT2D eigenvalue weighted by atomic mass is 16.3. The number of nitrogens with one attached hydrogen (secondary N) is 1. The fraction of sp³-hybridized carbons (Fsp3) is 0.500. The minimum Gasteiger partial charge on any atom is -0.390 e. The van der Waals surface area contributed by atoms with E-state index in [0.717, 1.165) is 45.6 Å². The third-order valence-corrected chi connectivity index (χ3v) is 7.23. The number of benzene rings is 2. The number of hydrogen-bond acceptors (Lipinski definition) is 4. The van der Waals surface area contributed by atoms with Gasteiger partial charge in [-0.1, -0.05) is 42.5 Å². The monoisotopic (exact) mass is 377 g/mol. The molecule has 2 heterocycles. The van der Waals surface area contributed by atoms with E-state index in [2.05, 4.69) is 71.7 Å². The summed E-state index contributed by atoms with van der Waals surface area (Å²) in [5.74, 6) is 0. The standard InChI is InChI=1S/C24H31N3O/c1-26-15-18-8-7-17(13-19(18)16-26)14-27(2)22-20-5-3-4-6-21(20)24(23(22)28)9-11-25-12-10-24/h3-8,13,22-23,25,28H,9-12,14-16H2,1-2H3/t22-,23+/m1/s1. The third-order valence-electron chi connectivity index (χ3n) is 7.23. The molecule has 4 heteroatoms. The smallest absolute Gasteiger partial charge is 0.0834 e. The van der Waals surface area contributed by atoms with E-state index in [1.807, 2.05) is 0 Å². The number of fused-ring (bicyclic) bond motifs is 3.